The summed E-state index contributed by atoms with van der Waals surface area (Å²) >= 11 is 12.0. The van der Waals surface area contributed by atoms with Gasteiger partial charge in [0.1, 0.15) is 11.4 Å². The van der Waals surface area contributed by atoms with Crippen LogP contribution in [0.25, 0.3) is 0 Å². The number of carbonyl (C=O) groups excluding carboxylic acids is 2. The molecule has 0 saturated heterocycles. The largest absolute Gasteiger partial charge is 0.497 e. The summed E-state index contributed by atoms with van der Waals surface area (Å²) in [5.74, 6) is 0.410. The van der Waals surface area contributed by atoms with Gasteiger partial charge in [0.05, 0.1) is 28.5 Å². The summed E-state index contributed by atoms with van der Waals surface area (Å²) in [6, 6.07) is 12.7. The lowest BCUT2D eigenvalue weighted by molar-refractivity contribution is -0.118. The SMILES string of the molecule is C=C1C(NCc2ccc(OC)cc2)=C(C(=O)NCCCc2ccc(Cl)c(Cl)c2)N(C)C(=O)N1C. The molecule has 0 aromatic heterocycles. The average molecular weight is 503 g/mol. The summed E-state index contributed by atoms with van der Waals surface area (Å²) in [5, 5.41) is 7.21. The molecule has 34 heavy (non-hydrogen) atoms. The quantitative estimate of drug-likeness (QED) is 0.492. The highest BCUT2D eigenvalue weighted by Gasteiger charge is 2.34. The van der Waals surface area contributed by atoms with Gasteiger partial charge in [-0.15, -0.1) is 0 Å². The van der Waals surface area contributed by atoms with Gasteiger partial charge >= 0.3 is 6.03 Å². The molecule has 0 unspecified atom stereocenters. The summed E-state index contributed by atoms with van der Waals surface area (Å²) < 4.78 is 5.20. The molecule has 1 aliphatic heterocycles. The van der Waals surface area contributed by atoms with E-state index < -0.39 is 0 Å². The molecule has 0 radical (unpaired) electrons. The van der Waals surface area contributed by atoms with Crippen LogP contribution in [0.4, 0.5) is 4.79 Å². The Kier molecular flexibility index (Phi) is 8.47. The highest BCUT2D eigenvalue weighted by atomic mass is 35.5. The maximum atomic E-state index is 13.1. The third kappa shape index (κ3) is 5.85. The average Bonchev–Trinajstić information content (AvgIpc) is 2.84. The van der Waals surface area contributed by atoms with Crippen molar-refractivity contribution >= 4 is 35.1 Å². The number of urea groups is 1. The zero-order valence-corrected chi connectivity index (χ0v) is 21.0. The highest BCUT2D eigenvalue weighted by Crippen LogP contribution is 2.26. The van der Waals surface area contributed by atoms with Gasteiger partial charge in [-0.3, -0.25) is 14.6 Å². The molecule has 180 valence electrons. The number of ether oxygens (including phenoxy) is 1. The maximum absolute atomic E-state index is 13.1. The summed E-state index contributed by atoms with van der Waals surface area (Å²) in [5.41, 5.74) is 3.19. The van der Waals surface area contributed by atoms with Crippen LogP contribution in [0.2, 0.25) is 10.0 Å². The lowest BCUT2D eigenvalue weighted by atomic mass is 10.1. The predicted molar refractivity (Wildman–Crippen MR) is 135 cm³/mol. The Morgan fingerprint density at radius 2 is 1.71 bits per heavy atom. The summed E-state index contributed by atoms with van der Waals surface area (Å²) in [4.78, 5) is 28.5. The van der Waals surface area contributed by atoms with E-state index in [1.54, 1.807) is 27.3 Å². The Bertz CT molecular complexity index is 1120. The summed E-state index contributed by atoms with van der Waals surface area (Å²) in [7, 11) is 4.81. The molecule has 0 saturated carbocycles. The van der Waals surface area contributed by atoms with E-state index in [1.165, 1.54) is 9.80 Å². The molecule has 3 rings (SSSR count). The van der Waals surface area contributed by atoms with E-state index in [9.17, 15) is 9.59 Å². The Labute approximate surface area is 210 Å². The van der Waals surface area contributed by atoms with Crippen molar-refractivity contribution in [3.63, 3.8) is 0 Å². The van der Waals surface area contributed by atoms with Gasteiger partial charge in [0, 0.05) is 27.2 Å². The van der Waals surface area contributed by atoms with Crippen LogP contribution in [-0.2, 0) is 17.8 Å². The van der Waals surface area contributed by atoms with Crippen LogP contribution in [0, 0.1) is 0 Å². The number of aryl methyl sites for hydroxylation is 1. The number of nitrogens with one attached hydrogen (secondary N) is 2. The molecular weight excluding hydrogens is 475 g/mol. The number of nitrogens with zero attached hydrogens (tertiary/aromatic N) is 2. The van der Waals surface area contributed by atoms with Gasteiger partial charge in [0.25, 0.3) is 5.91 Å². The molecule has 2 aromatic carbocycles. The van der Waals surface area contributed by atoms with Crippen LogP contribution in [0.5, 0.6) is 5.75 Å². The second kappa shape index (κ2) is 11.3. The van der Waals surface area contributed by atoms with Gasteiger partial charge in [0.2, 0.25) is 0 Å². The molecule has 1 aliphatic rings. The molecule has 7 nitrogen and oxygen atoms in total. The standard InChI is InChI=1S/C25H28Cl2N4O3/c1-16-22(29-15-18-7-10-19(34-4)11-8-18)23(31(3)25(33)30(16)2)24(32)28-13-5-6-17-9-12-20(26)21(27)14-17/h7-12,14,29H,1,5-6,13,15H2,2-4H3,(H,28,32). The first-order valence-electron chi connectivity index (χ1n) is 10.8. The minimum absolute atomic E-state index is 0.233. The summed E-state index contributed by atoms with van der Waals surface area (Å²) in [6.07, 6.45) is 1.42. The van der Waals surface area contributed by atoms with Crippen molar-refractivity contribution < 1.29 is 14.3 Å². The van der Waals surface area contributed by atoms with Crippen molar-refractivity contribution in [1.82, 2.24) is 20.4 Å². The Balaban J connectivity index is 1.70. The van der Waals surface area contributed by atoms with Crippen molar-refractivity contribution in [3.05, 3.63) is 87.3 Å². The lowest BCUT2D eigenvalue weighted by Crippen LogP contribution is -2.49. The van der Waals surface area contributed by atoms with Crippen molar-refractivity contribution in [1.29, 1.82) is 0 Å². The molecule has 9 heteroatoms. The second-order valence-corrected chi connectivity index (χ2v) is 8.69. The molecule has 0 spiro atoms. The molecule has 1 heterocycles. The number of hydrogen-bond donors (Lipinski definition) is 2. The Hall–Kier alpha value is -3.16. The number of rotatable bonds is 9. The number of carbonyl (C=O) groups is 2. The van der Waals surface area contributed by atoms with Gasteiger partial charge in [-0.05, 0) is 48.2 Å². The van der Waals surface area contributed by atoms with Crippen LogP contribution < -0.4 is 15.4 Å². The van der Waals surface area contributed by atoms with Crippen molar-refractivity contribution in [2.45, 2.75) is 19.4 Å². The van der Waals surface area contributed by atoms with Crippen molar-refractivity contribution in [2.75, 3.05) is 27.7 Å². The molecular formula is C25H28Cl2N4O3. The minimum atomic E-state index is -0.350. The van der Waals surface area contributed by atoms with Crippen LogP contribution >= 0.6 is 23.2 Å². The van der Waals surface area contributed by atoms with Crippen molar-refractivity contribution in [2.24, 2.45) is 0 Å². The Morgan fingerprint density at radius 1 is 1.03 bits per heavy atom. The third-order valence-corrected chi connectivity index (χ3v) is 6.33. The monoisotopic (exact) mass is 502 g/mol. The van der Waals surface area contributed by atoms with E-state index in [1.807, 2.05) is 36.4 Å². The van der Waals surface area contributed by atoms with Crippen LogP contribution in [0.15, 0.2) is 66.1 Å². The molecule has 3 amide bonds. The number of likely N-dealkylation sites (N-methyl/N-ethyl adjacent to an activating group) is 2. The fourth-order valence-electron chi connectivity index (χ4n) is 3.57. The van der Waals surface area contributed by atoms with E-state index in [4.69, 9.17) is 27.9 Å². The van der Waals surface area contributed by atoms with Crippen molar-refractivity contribution in [3.8, 4) is 5.75 Å². The minimum Gasteiger partial charge on any atom is -0.497 e. The van der Waals surface area contributed by atoms with Gasteiger partial charge < -0.3 is 15.4 Å². The lowest BCUT2D eigenvalue weighted by Gasteiger charge is -2.35. The summed E-state index contributed by atoms with van der Waals surface area (Å²) in [6.45, 7) is 4.90. The van der Waals surface area contributed by atoms with E-state index >= 15 is 0 Å². The highest BCUT2D eigenvalue weighted by molar-refractivity contribution is 6.42. The zero-order valence-electron chi connectivity index (χ0n) is 19.5. The molecule has 2 aromatic rings. The number of methoxy groups -OCH3 is 1. The fourth-order valence-corrected chi connectivity index (χ4v) is 3.89. The van der Waals surface area contributed by atoms with Crippen LogP contribution in [0.3, 0.4) is 0 Å². The van der Waals surface area contributed by atoms with Gasteiger partial charge in [-0.2, -0.15) is 0 Å². The second-order valence-electron chi connectivity index (χ2n) is 7.88. The van der Waals surface area contributed by atoms with E-state index in [0.717, 1.165) is 23.3 Å². The topological polar surface area (TPSA) is 73.9 Å². The van der Waals surface area contributed by atoms with E-state index in [0.29, 0.717) is 40.9 Å². The third-order valence-electron chi connectivity index (χ3n) is 5.59. The molecule has 0 atom stereocenters. The number of halogens is 2. The molecule has 0 fully saturated rings. The molecule has 2 N–H and O–H groups in total. The van der Waals surface area contributed by atoms with E-state index in [2.05, 4.69) is 17.2 Å². The number of benzene rings is 2. The van der Waals surface area contributed by atoms with Gasteiger partial charge in [-0.1, -0.05) is 48.0 Å². The predicted octanol–water partition coefficient (Wildman–Crippen LogP) is 4.56. The molecule has 0 bridgehead atoms. The van der Waals surface area contributed by atoms with Gasteiger partial charge in [-0.25, -0.2) is 4.79 Å². The zero-order chi connectivity index (χ0) is 24.8. The first-order valence-corrected chi connectivity index (χ1v) is 11.5. The number of amides is 3. The van der Waals surface area contributed by atoms with E-state index in [-0.39, 0.29) is 17.6 Å². The first-order chi connectivity index (χ1) is 16.2. The molecule has 0 aliphatic carbocycles. The fraction of sp³-hybridized carbons (Fsp3) is 0.280. The normalized spacial score (nSPS) is 13.9. The first kappa shape index (κ1) is 25.5. The Morgan fingerprint density at radius 3 is 2.35 bits per heavy atom. The smallest absolute Gasteiger partial charge is 0.328 e. The number of hydrogen-bond acceptors (Lipinski definition) is 4. The van der Waals surface area contributed by atoms with Crippen LogP contribution in [-0.4, -0.2) is 49.5 Å². The maximum Gasteiger partial charge on any atom is 0.328 e. The van der Waals surface area contributed by atoms with Gasteiger partial charge in [0.15, 0.2) is 0 Å². The van der Waals surface area contributed by atoms with Crippen LogP contribution in [0.1, 0.15) is 17.5 Å².